The lowest BCUT2D eigenvalue weighted by molar-refractivity contribution is 0.0943. The number of hydrogen-bond acceptors (Lipinski definition) is 3. The fourth-order valence-electron chi connectivity index (χ4n) is 1.86. The van der Waals surface area contributed by atoms with Crippen LogP contribution in [-0.4, -0.2) is 15.7 Å². The highest BCUT2D eigenvalue weighted by Crippen LogP contribution is 2.10. The van der Waals surface area contributed by atoms with Crippen molar-refractivity contribution >= 4 is 17.5 Å². The van der Waals surface area contributed by atoms with Crippen molar-refractivity contribution in [3.05, 3.63) is 63.0 Å². The molecule has 0 unspecified atom stereocenters. The molecule has 2 aromatic rings. The van der Waals surface area contributed by atoms with Gasteiger partial charge in [-0.25, -0.2) is 4.68 Å². The second-order valence-corrected chi connectivity index (χ2v) is 5.03. The molecular formula is C15H16ClN3O2. The van der Waals surface area contributed by atoms with Crippen LogP contribution in [0.2, 0.25) is 5.02 Å². The van der Waals surface area contributed by atoms with Gasteiger partial charge in [-0.3, -0.25) is 9.59 Å². The molecule has 0 aliphatic rings. The van der Waals surface area contributed by atoms with Gasteiger partial charge in [0.25, 0.3) is 11.5 Å². The van der Waals surface area contributed by atoms with Gasteiger partial charge in [0.15, 0.2) is 0 Å². The van der Waals surface area contributed by atoms with Gasteiger partial charge in [0.05, 0.1) is 0 Å². The topological polar surface area (TPSA) is 64.0 Å². The Kier molecular flexibility index (Phi) is 5.11. The smallest absolute Gasteiger partial charge is 0.271 e. The molecule has 0 saturated carbocycles. The predicted molar refractivity (Wildman–Crippen MR) is 81.4 cm³/mol. The van der Waals surface area contributed by atoms with Crippen molar-refractivity contribution in [2.45, 2.75) is 26.4 Å². The molecule has 1 N–H and O–H groups in total. The number of nitrogens with one attached hydrogen (secondary N) is 1. The van der Waals surface area contributed by atoms with Crippen molar-refractivity contribution in [2.75, 3.05) is 0 Å². The number of aryl methyl sites for hydroxylation is 1. The molecule has 0 spiro atoms. The van der Waals surface area contributed by atoms with Crippen molar-refractivity contribution in [1.29, 1.82) is 0 Å². The van der Waals surface area contributed by atoms with E-state index in [0.29, 0.717) is 18.1 Å². The number of carbonyl (C=O) groups is 1. The first-order valence-electron chi connectivity index (χ1n) is 6.71. The number of aromatic nitrogens is 2. The molecular weight excluding hydrogens is 290 g/mol. The van der Waals surface area contributed by atoms with Crippen molar-refractivity contribution in [3.8, 4) is 0 Å². The van der Waals surface area contributed by atoms with Crippen molar-refractivity contribution in [2.24, 2.45) is 0 Å². The van der Waals surface area contributed by atoms with Gasteiger partial charge in [-0.15, -0.1) is 0 Å². The van der Waals surface area contributed by atoms with Crippen LogP contribution in [0, 0.1) is 0 Å². The lowest BCUT2D eigenvalue weighted by Crippen LogP contribution is -2.29. The molecule has 1 heterocycles. The molecule has 0 saturated heterocycles. The third-order valence-electron chi connectivity index (χ3n) is 2.88. The van der Waals surface area contributed by atoms with Crippen molar-refractivity contribution in [1.82, 2.24) is 15.1 Å². The highest BCUT2D eigenvalue weighted by Gasteiger charge is 2.09. The molecule has 5 nitrogen and oxygen atoms in total. The van der Waals surface area contributed by atoms with E-state index in [4.69, 9.17) is 11.6 Å². The van der Waals surface area contributed by atoms with Crippen molar-refractivity contribution < 1.29 is 4.79 Å². The molecule has 1 aromatic carbocycles. The van der Waals surface area contributed by atoms with E-state index < -0.39 is 0 Å². The number of halogens is 1. The first kappa shape index (κ1) is 15.3. The molecule has 0 fully saturated rings. The minimum atomic E-state index is -0.320. The minimum absolute atomic E-state index is 0.205. The summed E-state index contributed by atoms with van der Waals surface area (Å²) < 4.78 is 1.30. The summed E-state index contributed by atoms with van der Waals surface area (Å²) in [6, 6.07) is 10.0. The van der Waals surface area contributed by atoms with Gasteiger partial charge in [0.2, 0.25) is 0 Å². The Morgan fingerprint density at radius 1 is 1.33 bits per heavy atom. The summed E-state index contributed by atoms with van der Waals surface area (Å²) >= 11 is 5.89. The summed E-state index contributed by atoms with van der Waals surface area (Å²) in [7, 11) is 0. The average Bonchev–Trinajstić information content (AvgIpc) is 2.47. The molecule has 0 bridgehead atoms. The van der Waals surface area contributed by atoms with Gasteiger partial charge in [0, 0.05) is 24.2 Å². The summed E-state index contributed by atoms with van der Waals surface area (Å²) in [5.74, 6) is -0.320. The molecule has 0 aliphatic carbocycles. The summed E-state index contributed by atoms with van der Waals surface area (Å²) in [4.78, 5) is 23.6. The van der Waals surface area contributed by atoms with Gasteiger partial charge in [-0.2, -0.15) is 5.10 Å². The Labute approximate surface area is 127 Å². The number of amides is 1. The predicted octanol–water partition coefficient (Wildman–Crippen LogP) is 2.24. The Morgan fingerprint density at radius 2 is 2.14 bits per heavy atom. The standard InChI is InChI=1S/C15H16ClN3O2/c1-2-8-19-14(20)7-6-13(18-19)15(21)17-10-11-4-3-5-12(16)9-11/h3-7,9H,2,8,10H2,1H3,(H,17,21). The quantitative estimate of drug-likeness (QED) is 0.921. The second kappa shape index (κ2) is 7.04. The van der Waals surface area contributed by atoms with E-state index in [1.807, 2.05) is 19.1 Å². The van der Waals surface area contributed by atoms with Gasteiger partial charge >= 0.3 is 0 Å². The number of hydrogen-bond donors (Lipinski definition) is 1. The van der Waals surface area contributed by atoms with Crippen LogP contribution in [0.3, 0.4) is 0 Å². The van der Waals surface area contributed by atoms with E-state index in [1.165, 1.54) is 16.8 Å². The van der Waals surface area contributed by atoms with E-state index in [1.54, 1.807) is 12.1 Å². The first-order chi connectivity index (χ1) is 10.1. The molecule has 1 amide bonds. The van der Waals surface area contributed by atoms with E-state index in [0.717, 1.165) is 12.0 Å². The zero-order chi connectivity index (χ0) is 15.2. The van der Waals surface area contributed by atoms with Crippen LogP contribution in [0.15, 0.2) is 41.2 Å². The summed E-state index contributed by atoms with van der Waals surface area (Å²) in [5, 5.41) is 7.44. The molecule has 21 heavy (non-hydrogen) atoms. The Hall–Kier alpha value is -2.14. The summed E-state index contributed by atoms with van der Waals surface area (Å²) in [6.45, 7) is 2.79. The maximum absolute atomic E-state index is 12.0. The van der Waals surface area contributed by atoms with Crippen LogP contribution in [0.5, 0.6) is 0 Å². The van der Waals surface area contributed by atoms with E-state index in [-0.39, 0.29) is 17.2 Å². The van der Waals surface area contributed by atoms with Crippen LogP contribution < -0.4 is 10.9 Å². The fourth-order valence-corrected chi connectivity index (χ4v) is 2.07. The zero-order valence-corrected chi connectivity index (χ0v) is 12.4. The molecule has 0 aliphatic heterocycles. The highest BCUT2D eigenvalue weighted by molar-refractivity contribution is 6.30. The van der Waals surface area contributed by atoms with Gasteiger partial charge in [0.1, 0.15) is 5.69 Å². The van der Waals surface area contributed by atoms with Crippen LogP contribution >= 0.6 is 11.6 Å². The molecule has 0 atom stereocenters. The maximum Gasteiger partial charge on any atom is 0.271 e. The van der Waals surface area contributed by atoms with E-state index in [2.05, 4.69) is 10.4 Å². The molecule has 1 aromatic heterocycles. The third-order valence-corrected chi connectivity index (χ3v) is 3.11. The van der Waals surface area contributed by atoms with E-state index >= 15 is 0 Å². The molecule has 6 heteroatoms. The number of rotatable bonds is 5. The van der Waals surface area contributed by atoms with E-state index in [9.17, 15) is 9.59 Å². The maximum atomic E-state index is 12.0. The van der Waals surface area contributed by atoms with Gasteiger partial charge in [-0.1, -0.05) is 30.7 Å². The highest BCUT2D eigenvalue weighted by atomic mass is 35.5. The SMILES string of the molecule is CCCn1nc(C(=O)NCc2cccc(Cl)c2)ccc1=O. The number of nitrogens with zero attached hydrogens (tertiary/aromatic N) is 2. The average molecular weight is 306 g/mol. The van der Waals surface area contributed by atoms with Crippen LogP contribution in [0.25, 0.3) is 0 Å². The lowest BCUT2D eigenvalue weighted by Gasteiger charge is -2.07. The Morgan fingerprint density at radius 3 is 2.86 bits per heavy atom. The molecule has 0 radical (unpaired) electrons. The van der Waals surface area contributed by atoms with Gasteiger partial charge in [-0.05, 0) is 30.2 Å². The number of benzene rings is 1. The molecule has 2 rings (SSSR count). The normalized spacial score (nSPS) is 10.4. The zero-order valence-electron chi connectivity index (χ0n) is 11.7. The fraction of sp³-hybridized carbons (Fsp3) is 0.267. The van der Waals surface area contributed by atoms with Crippen LogP contribution in [-0.2, 0) is 13.1 Å². The van der Waals surface area contributed by atoms with Crippen LogP contribution in [0.4, 0.5) is 0 Å². The lowest BCUT2D eigenvalue weighted by atomic mass is 10.2. The summed E-state index contributed by atoms with van der Waals surface area (Å²) in [6.07, 6.45) is 0.778. The number of carbonyl (C=O) groups excluding carboxylic acids is 1. The minimum Gasteiger partial charge on any atom is -0.347 e. The Balaban J connectivity index is 2.06. The van der Waals surface area contributed by atoms with Gasteiger partial charge < -0.3 is 5.32 Å². The first-order valence-corrected chi connectivity index (χ1v) is 7.08. The second-order valence-electron chi connectivity index (χ2n) is 4.59. The van der Waals surface area contributed by atoms with Crippen molar-refractivity contribution in [3.63, 3.8) is 0 Å². The monoisotopic (exact) mass is 305 g/mol. The largest absolute Gasteiger partial charge is 0.347 e. The Bertz CT molecular complexity index is 697. The molecule has 110 valence electrons. The third kappa shape index (κ3) is 4.16. The van der Waals surface area contributed by atoms with Crippen LogP contribution in [0.1, 0.15) is 29.4 Å². The summed E-state index contributed by atoms with van der Waals surface area (Å²) in [5.41, 5.74) is 0.922.